The second-order valence-electron chi connectivity index (χ2n) is 11.4. The van der Waals surface area contributed by atoms with Crippen LogP contribution in [-0.2, 0) is 4.79 Å². The van der Waals surface area contributed by atoms with Gasteiger partial charge in [-0.25, -0.2) is 19.3 Å². The number of fused-ring (bicyclic) bond motifs is 1. The Kier molecular flexibility index (Phi) is 8.34. The van der Waals surface area contributed by atoms with E-state index in [1.54, 1.807) is 0 Å². The highest BCUT2D eigenvalue weighted by Crippen LogP contribution is 2.55. The third kappa shape index (κ3) is 5.67. The van der Waals surface area contributed by atoms with Gasteiger partial charge in [-0.2, -0.15) is 0 Å². The van der Waals surface area contributed by atoms with Gasteiger partial charge in [-0.15, -0.1) is 0 Å². The second-order valence-corrected chi connectivity index (χ2v) is 11.4. The summed E-state index contributed by atoms with van der Waals surface area (Å²) >= 11 is 0. The number of allylic oxidation sites excluding steroid dienone is 5. The van der Waals surface area contributed by atoms with E-state index < -0.39 is 5.82 Å². The summed E-state index contributed by atoms with van der Waals surface area (Å²) in [7, 11) is 1.86. The molecule has 1 aliphatic heterocycles. The minimum absolute atomic E-state index is 0. The maximum absolute atomic E-state index is 15.1. The molecule has 0 saturated heterocycles. The Morgan fingerprint density at radius 2 is 2.07 bits per heavy atom. The summed E-state index contributed by atoms with van der Waals surface area (Å²) in [5.41, 5.74) is 5.70. The fraction of sp³-hybridized carbons (Fsp3) is 0.412. The number of aromatic nitrogens is 3. The molecule has 7 heteroatoms. The van der Waals surface area contributed by atoms with E-state index in [-0.39, 0.29) is 24.5 Å². The van der Waals surface area contributed by atoms with E-state index in [4.69, 9.17) is 0 Å². The number of nitrogens with one attached hydrogen (secondary N) is 1. The minimum atomic E-state index is -0.510. The summed E-state index contributed by atoms with van der Waals surface area (Å²) in [6.07, 6.45) is 19.0. The Labute approximate surface area is 244 Å². The first-order valence-corrected chi connectivity index (χ1v) is 14.7. The molecule has 1 spiro atoms. The van der Waals surface area contributed by atoms with Crippen LogP contribution in [-0.4, -0.2) is 38.3 Å². The number of carbonyl (C=O) groups is 1. The van der Waals surface area contributed by atoms with Crippen molar-refractivity contribution in [3.05, 3.63) is 94.8 Å². The van der Waals surface area contributed by atoms with Crippen molar-refractivity contribution >= 4 is 23.2 Å². The van der Waals surface area contributed by atoms with E-state index in [9.17, 15) is 4.79 Å². The van der Waals surface area contributed by atoms with Crippen molar-refractivity contribution in [1.29, 1.82) is 0 Å². The molecule has 2 aliphatic carbocycles. The van der Waals surface area contributed by atoms with Gasteiger partial charge in [0.15, 0.2) is 5.82 Å². The van der Waals surface area contributed by atoms with Crippen LogP contribution in [0.2, 0.25) is 0 Å². The molecular weight excluding hydrogens is 513 g/mol. The molecule has 2 aromatic heterocycles. The molecule has 3 aliphatic rings. The van der Waals surface area contributed by atoms with E-state index in [1.807, 2.05) is 50.2 Å². The molecule has 5 rings (SSSR count). The van der Waals surface area contributed by atoms with Crippen LogP contribution in [0.25, 0.3) is 5.57 Å². The molecule has 3 heterocycles. The molecule has 0 bridgehead atoms. The molecule has 0 aromatic carbocycles. The Balaban J connectivity index is 0.00000405. The van der Waals surface area contributed by atoms with Crippen LogP contribution in [0.5, 0.6) is 0 Å². The normalized spacial score (nSPS) is 18.4. The smallest absolute Gasteiger partial charge is 0.254 e. The summed E-state index contributed by atoms with van der Waals surface area (Å²) in [6.45, 7) is 10.4. The third-order valence-electron chi connectivity index (χ3n) is 8.74. The second kappa shape index (κ2) is 11.9. The van der Waals surface area contributed by atoms with Crippen molar-refractivity contribution in [1.82, 2.24) is 19.9 Å². The van der Waals surface area contributed by atoms with Gasteiger partial charge in [0.1, 0.15) is 11.5 Å². The lowest BCUT2D eigenvalue weighted by Crippen LogP contribution is -2.33. The van der Waals surface area contributed by atoms with Crippen molar-refractivity contribution < 1.29 is 10.6 Å². The van der Waals surface area contributed by atoms with Gasteiger partial charge in [-0.1, -0.05) is 55.9 Å². The maximum atomic E-state index is 15.1. The summed E-state index contributed by atoms with van der Waals surface area (Å²) in [5, 5.41) is 3.15. The minimum Gasteiger partial charge on any atom is -0.332 e. The number of likely N-dealkylation sites (N-methyl/N-ethyl adjacent to an activating group) is 1. The summed E-state index contributed by atoms with van der Waals surface area (Å²) in [4.78, 5) is 28.4. The van der Waals surface area contributed by atoms with Crippen molar-refractivity contribution in [2.45, 2.75) is 83.6 Å². The maximum Gasteiger partial charge on any atom is 0.254 e. The molecule has 0 radical (unpaired) electrons. The Morgan fingerprint density at radius 1 is 1.27 bits per heavy atom. The molecule has 1 fully saturated rings. The molecule has 41 heavy (non-hydrogen) atoms. The highest BCUT2D eigenvalue weighted by atomic mass is 19.1. The first-order chi connectivity index (χ1) is 19.8. The number of halogens is 1. The molecule has 1 amide bonds. The van der Waals surface area contributed by atoms with Gasteiger partial charge >= 0.3 is 0 Å². The zero-order valence-corrected chi connectivity index (χ0v) is 24.6. The molecule has 6 nitrogen and oxygen atoms in total. The van der Waals surface area contributed by atoms with E-state index >= 15 is 4.39 Å². The Hall–Kier alpha value is -3.87. The van der Waals surface area contributed by atoms with E-state index in [0.29, 0.717) is 29.3 Å². The number of hydrogen-bond donors (Lipinski definition) is 1. The third-order valence-corrected chi connectivity index (χ3v) is 8.74. The van der Waals surface area contributed by atoms with Gasteiger partial charge in [-0.3, -0.25) is 4.79 Å². The summed E-state index contributed by atoms with van der Waals surface area (Å²) < 4.78 is 15.1. The number of pyridine rings is 1. The fourth-order valence-corrected chi connectivity index (χ4v) is 6.15. The summed E-state index contributed by atoms with van der Waals surface area (Å²) in [5.74, 6) is 0.771. The van der Waals surface area contributed by atoms with Crippen LogP contribution in [0.1, 0.15) is 90.7 Å². The van der Waals surface area contributed by atoms with Crippen LogP contribution in [0, 0.1) is 5.82 Å². The van der Waals surface area contributed by atoms with Crippen LogP contribution < -0.4 is 5.32 Å². The zero-order chi connectivity index (χ0) is 29.1. The lowest BCUT2D eigenvalue weighted by Gasteiger charge is -2.21. The first kappa shape index (κ1) is 28.7. The fourth-order valence-electron chi connectivity index (χ4n) is 6.15. The largest absolute Gasteiger partial charge is 0.332 e. The van der Waals surface area contributed by atoms with Crippen LogP contribution >= 0.6 is 0 Å². The molecule has 1 atom stereocenters. The van der Waals surface area contributed by atoms with Gasteiger partial charge in [0.05, 0.1) is 11.7 Å². The highest BCUT2D eigenvalue weighted by Gasteiger charge is 2.57. The van der Waals surface area contributed by atoms with Crippen LogP contribution in [0.3, 0.4) is 0 Å². The average molecular weight is 556 g/mol. The standard InChI is InChI=1S/C34H40FN5O.H2/c1-6-8-11-22(3)14-15-24(10-7-2)25-16-17-29(36-20-25)38-33-37-21-28(35)31(39-33)26-12-9-13-27-30(23(26)4)32(41)40(5)34(27)18-19-34;/h6,8-9,13,16-17,20-21,24H,3,7,10-12,14-15,18-19H2,1-2,4-5H3,(H,36,37,38,39);1H/b8-6+;. The Bertz CT molecular complexity index is 1470. The number of anilines is 2. The van der Waals surface area contributed by atoms with E-state index in [1.165, 1.54) is 17.3 Å². The topological polar surface area (TPSA) is 71.0 Å². The van der Waals surface area contributed by atoms with E-state index in [2.05, 4.69) is 52.0 Å². The van der Waals surface area contributed by atoms with Crippen molar-refractivity contribution in [3.8, 4) is 0 Å². The molecular formula is C34H42FN5O. The Morgan fingerprint density at radius 3 is 2.76 bits per heavy atom. The lowest BCUT2D eigenvalue weighted by molar-refractivity contribution is -0.125. The monoisotopic (exact) mass is 555 g/mol. The van der Waals surface area contributed by atoms with Crippen molar-refractivity contribution in [2.24, 2.45) is 0 Å². The van der Waals surface area contributed by atoms with Crippen molar-refractivity contribution in [3.63, 3.8) is 0 Å². The first-order valence-electron chi connectivity index (χ1n) is 14.7. The SMILES string of the molecule is C=C(C/C=C/C)CCC(CCC)c1ccc(Nc2ncc(F)c(C3=C(C)C4=C(C=CC3)C3(CC3)N(C)C4=O)n2)nc1.[HH]. The quantitative estimate of drug-likeness (QED) is 0.283. The number of rotatable bonds is 11. The number of hydrogen-bond acceptors (Lipinski definition) is 5. The molecule has 1 saturated carbocycles. The molecule has 2 aromatic rings. The average Bonchev–Trinajstić information content (AvgIpc) is 3.77. The van der Waals surface area contributed by atoms with E-state index in [0.717, 1.165) is 56.1 Å². The number of carbonyl (C=O) groups excluding carboxylic acids is 1. The molecule has 1 unspecified atom stereocenters. The number of nitrogens with zero attached hydrogens (tertiary/aromatic N) is 4. The number of amides is 1. The predicted octanol–water partition coefficient (Wildman–Crippen LogP) is 8.22. The highest BCUT2D eigenvalue weighted by molar-refractivity contribution is 6.06. The van der Waals surface area contributed by atoms with Gasteiger partial charge in [0.2, 0.25) is 5.95 Å². The predicted molar refractivity (Wildman–Crippen MR) is 165 cm³/mol. The van der Waals surface area contributed by atoms with Gasteiger partial charge in [-0.05, 0) is 93.1 Å². The molecule has 216 valence electrons. The van der Waals surface area contributed by atoms with Crippen LogP contribution in [0.15, 0.2) is 77.7 Å². The lowest BCUT2D eigenvalue weighted by atomic mass is 9.89. The zero-order valence-electron chi connectivity index (χ0n) is 24.6. The molecule has 1 N–H and O–H groups in total. The van der Waals surface area contributed by atoms with Gasteiger partial charge < -0.3 is 10.2 Å². The van der Waals surface area contributed by atoms with Gasteiger partial charge in [0, 0.05) is 20.2 Å². The van der Waals surface area contributed by atoms with Crippen LogP contribution in [0.4, 0.5) is 16.2 Å². The summed E-state index contributed by atoms with van der Waals surface area (Å²) in [6, 6.07) is 4.03. The van der Waals surface area contributed by atoms with Gasteiger partial charge in [0.25, 0.3) is 5.91 Å². The van der Waals surface area contributed by atoms with Crippen molar-refractivity contribution in [2.75, 3.05) is 12.4 Å².